The molecule has 1 aliphatic heterocycles. The van der Waals surface area contributed by atoms with Gasteiger partial charge in [-0.2, -0.15) is 0 Å². The molecule has 1 aromatic carbocycles. The predicted molar refractivity (Wildman–Crippen MR) is 85.4 cm³/mol. The van der Waals surface area contributed by atoms with Crippen molar-refractivity contribution in [3.05, 3.63) is 29.6 Å². The summed E-state index contributed by atoms with van der Waals surface area (Å²) in [5.74, 6) is 0. The standard InChI is InChI=1S/C16H22N2S/c1-16(2,3)18-10-8-17(9-11-18)14-5-4-6-15-13(14)7-12-19-15/h4-7,12H,8-11H2,1-3H3/i8D2,9D2,10D2,11D2. The van der Waals surface area contributed by atoms with Crippen LogP contribution in [-0.2, 0) is 0 Å². The number of thiophene rings is 1. The van der Waals surface area contributed by atoms with Crippen molar-refractivity contribution in [2.45, 2.75) is 26.3 Å². The lowest BCUT2D eigenvalue weighted by Crippen LogP contribution is -2.53. The molecule has 0 amide bonds. The van der Waals surface area contributed by atoms with Crippen molar-refractivity contribution in [3.8, 4) is 0 Å². The molecule has 3 heteroatoms. The van der Waals surface area contributed by atoms with Crippen LogP contribution in [0.4, 0.5) is 5.69 Å². The lowest BCUT2D eigenvalue weighted by molar-refractivity contribution is 0.128. The Hall–Kier alpha value is -1.06. The summed E-state index contributed by atoms with van der Waals surface area (Å²) < 4.78 is 69.0. The van der Waals surface area contributed by atoms with E-state index in [9.17, 15) is 0 Å². The molecule has 1 aromatic heterocycles. The zero-order valence-electron chi connectivity index (χ0n) is 19.2. The molecule has 0 saturated carbocycles. The first-order valence-corrected chi connectivity index (χ1v) is 7.03. The second-order valence-corrected chi connectivity index (χ2v) is 6.35. The van der Waals surface area contributed by atoms with Gasteiger partial charge < -0.3 is 4.90 Å². The maximum Gasteiger partial charge on any atom is 0.0506 e. The van der Waals surface area contributed by atoms with Crippen molar-refractivity contribution in [2.75, 3.05) is 30.9 Å². The van der Waals surface area contributed by atoms with Crippen LogP contribution in [0.15, 0.2) is 29.6 Å². The molecule has 102 valence electrons. The van der Waals surface area contributed by atoms with Gasteiger partial charge in [-0.05, 0) is 44.4 Å². The molecule has 0 bridgehead atoms. The Morgan fingerprint density at radius 2 is 1.84 bits per heavy atom. The maximum absolute atomic E-state index is 8.57. The maximum atomic E-state index is 8.57. The van der Waals surface area contributed by atoms with E-state index in [1.807, 2.05) is 6.07 Å². The van der Waals surface area contributed by atoms with Gasteiger partial charge in [-0.1, -0.05) is 6.07 Å². The fourth-order valence-electron chi connectivity index (χ4n) is 1.88. The van der Waals surface area contributed by atoms with Crippen LogP contribution < -0.4 is 4.90 Å². The highest BCUT2D eigenvalue weighted by molar-refractivity contribution is 7.17. The molecule has 2 heterocycles. The number of hydrogen-bond donors (Lipinski definition) is 0. The first kappa shape index (κ1) is 6.59. The predicted octanol–water partition coefficient (Wildman–Crippen LogP) is 3.82. The topological polar surface area (TPSA) is 6.48 Å². The van der Waals surface area contributed by atoms with E-state index in [0.717, 1.165) is 4.70 Å². The molecule has 0 N–H and O–H groups in total. The van der Waals surface area contributed by atoms with Crippen LogP contribution in [0.3, 0.4) is 0 Å². The lowest BCUT2D eigenvalue weighted by Gasteiger charge is -2.43. The molecule has 2 nitrogen and oxygen atoms in total. The molecule has 0 spiro atoms. The second-order valence-electron chi connectivity index (χ2n) is 5.40. The van der Waals surface area contributed by atoms with E-state index in [-0.39, 0.29) is 5.69 Å². The van der Waals surface area contributed by atoms with E-state index >= 15 is 0 Å². The van der Waals surface area contributed by atoms with Crippen molar-refractivity contribution in [1.82, 2.24) is 4.90 Å². The highest BCUT2D eigenvalue weighted by atomic mass is 32.1. The molecule has 3 rings (SSSR count). The third-order valence-corrected chi connectivity index (χ3v) is 3.81. The van der Waals surface area contributed by atoms with Crippen LogP contribution in [0.5, 0.6) is 0 Å². The summed E-state index contributed by atoms with van der Waals surface area (Å²) in [5.41, 5.74) is -1.03. The third kappa shape index (κ3) is 2.49. The quantitative estimate of drug-likeness (QED) is 0.784. The van der Waals surface area contributed by atoms with Crippen molar-refractivity contribution in [3.63, 3.8) is 0 Å². The van der Waals surface area contributed by atoms with Gasteiger partial charge in [0.25, 0.3) is 0 Å². The SMILES string of the molecule is [2H]C1([2H])N(c2cccc3sccc23)C([2H])([2H])C([2H])([2H])N(C(C)(C)C)C1([2H])[2H]. The number of anilines is 1. The molecule has 1 aliphatic rings. The monoisotopic (exact) mass is 282 g/mol. The normalized spacial score (nSPS) is 35.0. The lowest BCUT2D eigenvalue weighted by atomic mass is 10.0. The molecule has 1 fully saturated rings. The Kier molecular flexibility index (Phi) is 1.67. The van der Waals surface area contributed by atoms with E-state index in [1.54, 1.807) is 38.3 Å². The summed E-state index contributed by atoms with van der Waals surface area (Å²) in [6.45, 7) is -6.66. The van der Waals surface area contributed by atoms with Gasteiger partial charge in [-0.3, -0.25) is 4.90 Å². The Labute approximate surface area is 130 Å². The van der Waals surface area contributed by atoms with Crippen LogP contribution >= 0.6 is 11.3 Å². The Bertz CT molecular complexity index is 843. The highest BCUT2D eigenvalue weighted by Crippen LogP contribution is 2.31. The van der Waals surface area contributed by atoms with Crippen LogP contribution in [0, 0.1) is 0 Å². The fourth-order valence-corrected chi connectivity index (χ4v) is 2.69. The smallest absolute Gasteiger partial charge is 0.0506 e. The summed E-state index contributed by atoms with van der Waals surface area (Å²) >= 11 is 1.40. The summed E-state index contributed by atoms with van der Waals surface area (Å²) in [6.07, 6.45) is 0. The first-order valence-electron chi connectivity index (χ1n) is 10.1. The van der Waals surface area contributed by atoms with Gasteiger partial charge in [0, 0.05) is 52.8 Å². The minimum Gasteiger partial charge on any atom is -0.368 e. The molecule has 0 unspecified atom stereocenters. The first-order chi connectivity index (χ1) is 12.1. The summed E-state index contributed by atoms with van der Waals surface area (Å²) in [6, 6.07) is 6.66. The highest BCUT2D eigenvalue weighted by Gasteiger charge is 2.26. The number of rotatable bonds is 1. The largest absolute Gasteiger partial charge is 0.368 e. The van der Waals surface area contributed by atoms with Gasteiger partial charge in [-0.25, -0.2) is 0 Å². The Balaban J connectivity index is 2.35. The molecule has 0 atom stereocenters. The van der Waals surface area contributed by atoms with Gasteiger partial charge in [0.15, 0.2) is 0 Å². The summed E-state index contributed by atoms with van der Waals surface area (Å²) in [5, 5.41) is 2.35. The van der Waals surface area contributed by atoms with E-state index in [4.69, 9.17) is 11.0 Å². The number of piperazine rings is 1. The minimum atomic E-state index is -2.84. The van der Waals surface area contributed by atoms with E-state index in [2.05, 4.69) is 0 Å². The molecule has 2 aromatic rings. The zero-order chi connectivity index (χ0) is 20.6. The van der Waals surface area contributed by atoms with E-state index in [0.29, 0.717) is 15.2 Å². The van der Waals surface area contributed by atoms with Crippen molar-refractivity contribution < 1.29 is 11.0 Å². The number of fused-ring (bicyclic) bond motifs is 1. The molecule has 19 heavy (non-hydrogen) atoms. The van der Waals surface area contributed by atoms with Gasteiger partial charge in [0.1, 0.15) is 0 Å². The van der Waals surface area contributed by atoms with E-state index in [1.165, 1.54) is 17.4 Å². The Morgan fingerprint density at radius 1 is 1.11 bits per heavy atom. The number of nitrogens with zero attached hydrogens (tertiary/aromatic N) is 2. The van der Waals surface area contributed by atoms with Gasteiger partial charge in [0.05, 0.1) is 5.48 Å². The number of hydrogen-bond acceptors (Lipinski definition) is 3. The van der Waals surface area contributed by atoms with Crippen LogP contribution in [-0.4, -0.2) is 36.4 Å². The summed E-state index contributed by atoms with van der Waals surface area (Å²) in [7, 11) is 0. The minimum absolute atomic E-state index is 0.130. The Morgan fingerprint density at radius 3 is 2.53 bits per heavy atom. The zero-order valence-corrected chi connectivity index (χ0v) is 12.0. The third-order valence-electron chi connectivity index (χ3n) is 2.93. The molecular formula is C16H22N2S. The number of benzene rings is 1. The van der Waals surface area contributed by atoms with Crippen molar-refractivity contribution in [1.29, 1.82) is 0 Å². The van der Waals surface area contributed by atoms with Gasteiger partial charge >= 0.3 is 0 Å². The van der Waals surface area contributed by atoms with Gasteiger partial charge in [0.2, 0.25) is 0 Å². The van der Waals surface area contributed by atoms with E-state index < -0.39 is 31.5 Å². The summed E-state index contributed by atoms with van der Waals surface area (Å²) in [4.78, 5) is 1.31. The molecule has 1 saturated heterocycles. The van der Waals surface area contributed by atoms with Crippen LogP contribution in [0.25, 0.3) is 10.1 Å². The fraction of sp³-hybridized carbons (Fsp3) is 0.500. The van der Waals surface area contributed by atoms with Crippen LogP contribution in [0.2, 0.25) is 0 Å². The second kappa shape index (κ2) is 4.80. The van der Waals surface area contributed by atoms with Gasteiger partial charge in [-0.15, -0.1) is 11.3 Å². The van der Waals surface area contributed by atoms with Crippen molar-refractivity contribution in [2.24, 2.45) is 0 Å². The molecular weight excluding hydrogens is 252 g/mol. The average Bonchev–Trinajstić information content (AvgIpc) is 2.92. The molecule has 0 radical (unpaired) electrons. The average molecular weight is 282 g/mol. The van der Waals surface area contributed by atoms with Crippen molar-refractivity contribution >= 4 is 27.1 Å². The molecule has 0 aliphatic carbocycles. The van der Waals surface area contributed by atoms with Crippen LogP contribution in [0.1, 0.15) is 31.7 Å².